The van der Waals surface area contributed by atoms with Crippen molar-refractivity contribution in [1.82, 2.24) is 19.9 Å². The van der Waals surface area contributed by atoms with Gasteiger partial charge >= 0.3 is 0 Å². The Hall–Kier alpha value is -4.80. The number of nitro benzene ring substituents is 1. The summed E-state index contributed by atoms with van der Waals surface area (Å²) in [5, 5.41) is 18.4. The van der Waals surface area contributed by atoms with Gasteiger partial charge in [0.2, 0.25) is 0 Å². The minimum Gasteiger partial charge on any atom is -0.374 e. The molecule has 2 aromatic heterocycles. The molecule has 54 heavy (non-hydrogen) atoms. The van der Waals surface area contributed by atoms with Crippen molar-refractivity contribution in [3.05, 3.63) is 124 Å². The second kappa shape index (κ2) is 15.9. The molecule has 1 saturated heterocycles. The van der Waals surface area contributed by atoms with Gasteiger partial charge in [-0.05, 0) is 73.0 Å². The molecule has 0 unspecified atom stereocenters. The van der Waals surface area contributed by atoms with Crippen molar-refractivity contribution in [3.8, 4) is 11.1 Å². The van der Waals surface area contributed by atoms with Crippen LogP contribution in [0.4, 0.5) is 22.9 Å². The van der Waals surface area contributed by atoms with Crippen molar-refractivity contribution < 1.29 is 13.3 Å². The summed E-state index contributed by atoms with van der Waals surface area (Å²) >= 11 is 9.18. The van der Waals surface area contributed by atoms with Crippen LogP contribution in [-0.4, -0.2) is 70.7 Å². The average molecular weight is 801 g/mol. The van der Waals surface area contributed by atoms with E-state index in [1.165, 1.54) is 52.7 Å². The molecule has 4 aromatic carbocycles. The fraction of sp³-hybridized carbons (Fsp3) is 0.237. The van der Waals surface area contributed by atoms with Crippen molar-refractivity contribution in [2.24, 2.45) is 0 Å². The molecular weight excluding hydrogens is 764 g/mol. The van der Waals surface area contributed by atoms with E-state index >= 15 is 0 Å². The summed E-state index contributed by atoms with van der Waals surface area (Å²) in [6, 6.07) is 25.9. The van der Waals surface area contributed by atoms with Gasteiger partial charge in [0, 0.05) is 77.8 Å². The van der Waals surface area contributed by atoms with Gasteiger partial charge in [-0.1, -0.05) is 59.8 Å². The minimum absolute atomic E-state index is 0.0842. The predicted octanol–water partition coefficient (Wildman–Crippen LogP) is 8.42. The van der Waals surface area contributed by atoms with Crippen molar-refractivity contribution in [1.29, 1.82) is 0 Å². The molecule has 2 N–H and O–H groups in total. The fourth-order valence-corrected chi connectivity index (χ4v) is 9.19. The van der Waals surface area contributed by atoms with Crippen molar-refractivity contribution in [3.63, 3.8) is 0 Å². The molecule has 1 aliphatic rings. The van der Waals surface area contributed by atoms with Crippen LogP contribution in [-0.2, 0) is 16.6 Å². The first-order valence-corrected chi connectivity index (χ1v) is 20.8. The van der Waals surface area contributed by atoms with Gasteiger partial charge in [-0.15, -0.1) is 11.3 Å². The van der Waals surface area contributed by atoms with Crippen LogP contribution in [0.1, 0.15) is 19.4 Å². The zero-order valence-electron chi connectivity index (χ0n) is 29.5. The molecule has 278 valence electrons. The van der Waals surface area contributed by atoms with E-state index in [0.29, 0.717) is 21.7 Å². The number of nitrogens with zero attached hydrogens (tertiary/aromatic N) is 6. The van der Waals surface area contributed by atoms with E-state index in [9.17, 15) is 18.5 Å². The highest BCUT2D eigenvalue weighted by Crippen LogP contribution is 2.34. The Morgan fingerprint density at radius 2 is 1.74 bits per heavy atom. The minimum atomic E-state index is -4.25. The molecule has 0 radical (unpaired) electrons. The lowest BCUT2D eigenvalue weighted by molar-refractivity contribution is -0.384. The highest BCUT2D eigenvalue weighted by atomic mass is 35.5. The third-order valence-corrected chi connectivity index (χ3v) is 13.1. The molecule has 16 heteroatoms. The molecule has 0 saturated carbocycles. The standard InChI is InChI=1S/C38H37ClN8O4S3/c1-38(2,24-53-37-40-15-20-52-37)43-33-14-12-30(22-35(33)47(48)49)54(50,51)44-36-32-13-11-29(21-34(32)41-25-42-36)46-18-16-45(17-19-46)23-27-5-3-4-6-31(27)26-7-9-28(39)10-8-26/h3-15,20-22,25,43H,16-19,23-24H2,1-2H3,(H,41,42,44). The van der Waals surface area contributed by atoms with Crippen molar-refractivity contribution in [2.45, 2.75) is 35.2 Å². The zero-order valence-corrected chi connectivity index (χ0v) is 32.7. The summed E-state index contributed by atoms with van der Waals surface area (Å²) in [6.45, 7) is 8.01. The van der Waals surface area contributed by atoms with Gasteiger partial charge in [0.05, 0.1) is 15.3 Å². The summed E-state index contributed by atoms with van der Waals surface area (Å²) in [5.41, 5.74) is 4.44. The van der Waals surface area contributed by atoms with Crippen LogP contribution in [0, 0.1) is 10.1 Å². The number of thiazole rings is 1. The fourth-order valence-electron chi connectivity index (χ4n) is 6.34. The Kier molecular flexibility index (Phi) is 11.0. The average Bonchev–Trinajstić information content (AvgIpc) is 3.69. The number of fused-ring (bicyclic) bond motifs is 1. The van der Waals surface area contributed by atoms with Crippen LogP contribution in [0.3, 0.4) is 0 Å². The Morgan fingerprint density at radius 3 is 2.48 bits per heavy atom. The van der Waals surface area contributed by atoms with Gasteiger partial charge in [0.15, 0.2) is 5.82 Å². The van der Waals surface area contributed by atoms with Gasteiger partial charge in [-0.25, -0.2) is 23.4 Å². The summed E-state index contributed by atoms with van der Waals surface area (Å²) in [5.74, 6) is 0.666. The lowest BCUT2D eigenvalue weighted by Crippen LogP contribution is -2.46. The van der Waals surface area contributed by atoms with Crippen LogP contribution >= 0.6 is 34.7 Å². The molecule has 0 aliphatic carbocycles. The largest absolute Gasteiger partial charge is 0.374 e. The summed E-state index contributed by atoms with van der Waals surface area (Å²) in [7, 11) is -4.25. The van der Waals surface area contributed by atoms with Crippen LogP contribution in [0.5, 0.6) is 0 Å². The number of hydrogen-bond acceptors (Lipinski definition) is 12. The van der Waals surface area contributed by atoms with Crippen LogP contribution < -0.4 is 14.9 Å². The lowest BCUT2D eigenvalue weighted by atomic mass is 9.99. The van der Waals surface area contributed by atoms with Crippen molar-refractivity contribution >= 4 is 78.5 Å². The zero-order chi connectivity index (χ0) is 37.9. The molecule has 1 aliphatic heterocycles. The number of halogens is 1. The summed E-state index contributed by atoms with van der Waals surface area (Å²) in [6.07, 6.45) is 3.03. The molecule has 1 fully saturated rings. The van der Waals surface area contributed by atoms with Gasteiger partial charge in [-0.2, -0.15) is 0 Å². The van der Waals surface area contributed by atoms with E-state index in [1.807, 2.05) is 55.6 Å². The predicted molar refractivity (Wildman–Crippen MR) is 218 cm³/mol. The smallest absolute Gasteiger partial charge is 0.293 e. The van der Waals surface area contributed by atoms with Gasteiger partial charge < -0.3 is 10.2 Å². The number of anilines is 3. The molecule has 6 aromatic rings. The number of sulfonamides is 1. The molecular formula is C38H37ClN8O4S3. The quantitative estimate of drug-likeness (QED) is 0.0659. The number of nitro groups is 1. The Morgan fingerprint density at radius 1 is 0.963 bits per heavy atom. The molecule has 0 amide bonds. The Labute approximate surface area is 326 Å². The van der Waals surface area contributed by atoms with Gasteiger partial charge in [0.25, 0.3) is 15.7 Å². The van der Waals surface area contributed by atoms with E-state index < -0.39 is 20.5 Å². The first kappa shape index (κ1) is 37.5. The second-order valence-electron chi connectivity index (χ2n) is 13.5. The van der Waals surface area contributed by atoms with E-state index in [4.69, 9.17) is 11.6 Å². The number of nitrogens with one attached hydrogen (secondary N) is 2. The molecule has 12 nitrogen and oxygen atoms in total. The number of rotatable bonds is 13. The maximum Gasteiger partial charge on any atom is 0.293 e. The Bertz CT molecular complexity index is 2390. The van der Waals surface area contributed by atoms with Crippen LogP contribution in [0.25, 0.3) is 22.0 Å². The number of aromatic nitrogens is 3. The monoisotopic (exact) mass is 800 g/mol. The van der Waals surface area contributed by atoms with E-state index in [2.05, 4.69) is 59.1 Å². The maximum absolute atomic E-state index is 13.6. The number of benzene rings is 4. The molecule has 0 bridgehead atoms. The first-order chi connectivity index (χ1) is 25.9. The molecule has 0 spiro atoms. The number of thioether (sulfide) groups is 1. The van der Waals surface area contributed by atoms with E-state index in [-0.39, 0.29) is 22.1 Å². The third kappa shape index (κ3) is 8.77. The highest BCUT2D eigenvalue weighted by molar-refractivity contribution is 8.01. The van der Waals surface area contributed by atoms with Crippen LogP contribution in [0.15, 0.2) is 112 Å². The first-order valence-electron chi connectivity index (χ1n) is 17.1. The normalized spacial score (nSPS) is 13.9. The number of piperazine rings is 1. The summed E-state index contributed by atoms with van der Waals surface area (Å²) < 4.78 is 30.6. The second-order valence-corrected chi connectivity index (χ2v) is 17.7. The maximum atomic E-state index is 13.6. The van der Waals surface area contributed by atoms with Crippen molar-refractivity contribution in [2.75, 3.05) is 46.9 Å². The van der Waals surface area contributed by atoms with Gasteiger partial charge in [0.1, 0.15) is 16.4 Å². The molecule has 0 atom stereocenters. The van der Waals surface area contributed by atoms with Crippen LogP contribution in [0.2, 0.25) is 5.02 Å². The lowest BCUT2D eigenvalue weighted by Gasteiger charge is -2.36. The SMILES string of the molecule is CC(C)(CSc1nccs1)Nc1ccc(S(=O)(=O)Nc2ncnc3cc(N4CCN(Cc5ccccc5-c5ccc(Cl)cc5)CC4)ccc23)cc1[N+](=O)[O-]. The van der Waals surface area contributed by atoms with E-state index in [1.54, 1.807) is 12.3 Å². The number of hydrogen-bond donors (Lipinski definition) is 2. The van der Waals surface area contributed by atoms with Gasteiger partial charge in [-0.3, -0.25) is 19.7 Å². The Balaban J connectivity index is 1.02. The summed E-state index contributed by atoms with van der Waals surface area (Å²) in [4.78, 5) is 28.9. The topological polar surface area (TPSA) is 146 Å². The highest BCUT2D eigenvalue weighted by Gasteiger charge is 2.27. The van der Waals surface area contributed by atoms with E-state index in [0.717, 1.165) is 54.4 Å². The molecule has 7 rings (SSSR count). The third-order valence-electron chi connectivity index (χ3n) is 9.07. The molecule has 3 heterocycles.